The van der Waals surface area contributed by atoms with Gasteiger partial charge in [0.25, 0.3) is 0 Å². The largest absolute Gasteiger partial charge is 0.243 e. The average Bonchev–Trinajstić information content (AvgIpc) is 2.07. The lowest BCUT2D eigenvalue weighted by Gasteiger charge is -1.94. The molecule has 0 atom stereocenters. The molecule has 0 amide bonds. The van der Waals surface area contributed by atoms with Crippen molar-refractivity contribution in [3.05, 3.63) is 28.5 Å². The standard InChI is InChI=1S/C9H5ClN2/c1-7-5-8(3-2-4-11)9(10)12-6-7/h5-6H,1H3. The second kappa shape index (κ2) is 3.76. The summed E-state index contributed by atoms with van der Waals surface area (Å²) in [6, 6.07) is 3.51. The molecule has 0 unspecified atom stereocenters. The van der Waals surface area contributed by atoms with Gasteiger partial charge in [-0.2, -0.15) is 5.26 Å². The Balaban J connectivity index is 3.16. The van der Waals surface area contributed by atoms with Crippen LogP contribution in [-0.4, -0.2) is 4.98 Å². The Bertz CT molecular complexity index is 393. The van der Waals surface area contributed by atoms with E-state index >= 15 is 0 Å². The van der Waals surface area contributed by atoms with Crippen molar-refractivity contribution in [2.75, 3.05) is 0 Å². The van der Waals surface area contributed by atoms with Crippen molar-refractivity contribution in [1.29, 1.82) is 5.26 Å². The van der Waals surface area contributed by atoms with E-state index in [0.29, 0.717) is 10.7 Å². The van der Waals surface area contributed by atoms with Crippen molar-refractivity contribution < 1.29 is 0 Å². The van der Waals surface area contributed by atoms with E-state index in [1.807, 2.05) is 6.92 Å². The van der Waals surface area contributed by atoms with Crippen LogP contribution in [-0.2, 0) is 0 Å². The van der Waals surface area contributed by atoms with E-state index in [-0.39, 0.29) is 0 Å². The van der Waals surface area contributed by atoms with Gasteiger partial charge < -0.3 is 0 Å². The zero-order chi connectivity index (χ0) is 8.97. The summed E-state index contributed by atoms with van der Waals surface area (Å²) < 4.78 is 0. The number of halogens is 1. The number of hydrogen-bond donors (Lipinski definition) is 0. The molecule has 0 saturated heterocycles. The first-order chi connectivity index (χ1) is 5.74. The first kappa shape index (κ1) is 8.59. The van der Waals surface area contributed by atoms with E-state index in [1.54, 1.807) is 18.3 Å². The number of hydrogen-bond acceptors (Lipinski definition) is 2. The van der Waals surface area contributed by atoms with E-state index < -0.39 is 0 Å². The third-order valence-corrected chi connectivity index (χ3v) is 1.53. The quantitative estimate of drug-likeness (QED) is 0.447. The summed E-state index contributed by atoms with van der Waals surface area (Å²) in [6.07, 6.45) is 1.65. The second-order valence-electron chi connectivity index (χ2n) is 2.21. The van der Waals surface area contributed by atoms with Crippen LogP contribution in [0.25, 0.3) is 0 Å². The number of nitrogens with zero attached hydrogens (tertiary/aromatic N) is 2. The minimum Gasteiger partial charge on any atom is -0.243 e. The molecule has 0 spiro atoms. The molecule has 58 valence electrons. The molecule has 3 heteroatoms. The molecule has 0 aliphatic carbocycles. The van der Waals surface area contributed by atoms with Gasteiger partial charge in [0.05, 0.1) is 5.56 Å². The van der Waals surface area contributed by atoms with Crippen molar-refractivity contribution in [3.63, 3.8) is 0 Å². The van der Waals surface area contributed by atoms with Crippen LogP contribution in [0.1, 0.15) is 11.1 Å². The van der Waals surface area contributed by atoms with Gasteiger partial charge in [-0.25, -0.2) is 4.98 Å². The average molecular weight is 177 g/mol. The molecule has 12 heavy (non-hydrogen) atoms. The van der Waals surface area contributed by atoms with Crippen molar-refractivity contribution in [2.45, 2.75) is 6.92 Å². The summed E-state index contributed by atoms with van der Waals surface area (Å²) in [4.78, 5) is 3.89. The minimum absolute atomic E-state index is 0.336. The highest BCUT2D eigenvalue weighted by Crippen LogP contribution is 2.11. The van der Waals surface area contributed by atoms with Gasteiger partial charge in [0.2, 0.25) is 0 Å². The molecule has 0 aromatic carbocycles. The molecule has 1 aromatic rings. The maximum Gasteiger partial charge on any atom is 0.152 e. The maximum atomic E-state index is 8.20. The zero-order valence-corrected chi connectivity index (χ0v) is 7.18. The molecule has 0 N–H and O–H groups in total. The predicted octanol–water partition coefficient (Wildman–Crippen LogP) is 1.92. The fraction of sp³-hybridized carbons (Fsp3) is 0.111. The Morgan fingerprint density at radius 3 is 3.00 bits per heavy atom. The van der Waals surface area contributed by atoms with Gasteiger partial charge in [-0.15, -0.1) is 0 Å². The zero-order valence-electron chi connectivity index (χ0n) is 6.43. The van der Waals surface area contributed by atoms with Crippen LogP contribution in [0.2, 0.25) is 5.15 Å². The van der Waals surface area contributed by atoms with E-state index in [1.165, 1.54) is 0 Å². The van der Waals surface area contributed by atoms with Crippen LogP contribution < -0.4 is 0 Å². The number of pyridine rings is 1. The van der Waals surface area contributed by atoms with Gasteiger partial charge in [-0.3, -0.25) is 0 Å². The number of rotatable bonds is 0. The SMILES string of the molecule is Cc1cnc(Cl)c(C#CC#N)c1. The van der Waals surface area contributed by atoms with Crippen molar-refractivity contribution in [3.8, 4) is 17.9 Å². The predicted molar refractivity (Wildman–Crippen MR) is 46.5 cm³/mol. The molecular weight excluding hydrogens is 172 g/mol. The second-order valence-corrected chi connectivity index (χ2v) is 2.57. The van der Waals surface area contributed by atoms with E-state index in [4.69, 9.17) is 16.9 Å². The van der Waals surface area contributed by atoms with Gasteiger partial charge in [-0.1, -0.05) is 11.6 Å². The Morgan fingerprint density at radius 1 is 1.58 bits per heavy atom. The normalized spacial score (nSPS) is 8.08. The number of aryl methyl sites for hydroxylation is 1. The lowest BCUT2D eigenvalue weighted by atomic mass is 10.2. The first-order valence-electron chi connectivity index (χ1n) is 3.26. The van der Waals surface area contributed by atoms with Crippen LogP contribution >= 0.6 is 11.6 Å². The summed E-state index contributed by atoms with van der Waals surface area (Å²) in [7, 11) is 0. The Labute approximate surface area is 75.8 Å². The van der Waals surface area contributed by atoms with Crippen LogP contribution in [0.15, 0.2) is 12.3 Å². The lowest BCUT2D eigenvalue weighted by molar-refractivity contribution is 1.26. The fourth-order valence-corrected chi connectivity index (χ4v) is 0.886. The van der Waals surface area contributed by atoms with Gasteiger partial charge in [-0.05, 0) is 24.5 Å². The van der Waals surface area contributed by atoms with Crippen molar-refractivity contribution in [1.82, 2.24) is 4.98 Å². The summed E-state index contributed by atoms with van der Waals surface area (Å²) in [6.45, 7) is 1.89. The monoisotopic (exact) mass is 176 g/mol. The molecule has 2 nitrogen and oxygen atoms in total. The van der Waals surface area contributed by atoms with Crippen LogP contribution in [0.4, 0.5) is 0 Å². The number of aromatic nitrogens is 1. The minimum atomic E-state index is 0.336. The highest BCUT2D eigenvalue weighted by molar-refractivity contribution is 6.30. The van der Waals surface area contributed by atoms with Crippen molar-refractivity contribution in [2.24, 2.45) is 0 Å². The third kappa shape index (κ3) is 1.99. The third-order valence-electron chi connectivity index (χ3n) is 1.23. The highest BCUT2D eigenvalue weighted by Gasteiger charge is 1.96. The smallest absolute Gasteiger partial charge is 0.152 e. The fourth-order valence-electron chi connectivity index (χ4n) is 0.735. The molecule has 0 aliphatic heterocycles. The molecule has 0 radical (unpaired) electrons. The van der Waals surface area contributed by atoms with Crippen LogP contribution in [0, 0.1) is 30.1 Å². The summed E-state index contributed by atoms with van der Waals surface area (Å²) >= 11 is 5.71. The molecular formula is C9H5ClN2. The Hall–Kier alpha value is -1.51. The molecule has 0 bridgehead atoms. The summed E-state index contributed by atoms with van der Waals surface area (Å²) in [5.41, 5.74) is 1.57. The van der Waals surface area contributed by atoms with Crippen LogP contribution in [0.5, 0.6) is 0 Å². The molecule has 0 fully saturated rings. The maximum absolute atomic E-state index is 8.20. The Kier molecular flexibility index (Phi) is 2.69. The highest BCUT2D eigenvalue weighted by atomic mass is 35.5. The van der Waals surface area contributed by atoms with Gasteiger partial charge >= 0.3 is 0 Å². The molecule has 1 aromatic heterocycles. The van der Waals surface area contributed by atoms with E-state index in [0.717, 1.165) is 5.56 Å². The van der Waals surface area contributed by atoms with Gasteiger partial charge in [0.15, 0.2) is 6.07 Å². The molecule has 1 rings (SSSR count). The number of nitriles is 1. The lowest BCUT2D eigenvalue weighted by Crippen LogP contribution is -1.83. The van der Waals surface area contributed by atoms with Gasteiger partial charge in [0, 0.05) is 12.1 Å². The Morgan fingerprint density at radius 2 is 2.33 bits per heavy atom. The molecule has 1 heterocycles. The van der Waals surface area contributed by atoms with Gasteiger partial charge in [0.1, 0.15) is 5.15 Å². The summed E-state index contributed by atoms with van der Waals surface area (Å²) in [5, 5.41) is 8.54. The molecule has 0 saturated carbocycles. The van der Waals surface area contributed by atoms with Crippen molar-refractivity contribution >= 4 is 11.6 Å². The topological polar surface area (TPSA) is 36.7 Å². The first-order valence-corrected chi connectivity index (χ1v) is 3.64. The van der Waals surface area contributed by atoms with E-state index in [9.17, 15) is 0 Å². The van der Waals surface area contributed by atoms with E-state index in [2.05, 4.69) is 16.8 Å². The summed E-state index contributed by atoms with van der Waals surface area (Å²) in [5.74, 6) is 4.86. The molecule has 0 aliphatic rings. The van der Waals surface area contributed by atoms with Crippen LogP contribution in [0.3, 0.4) is 0 Å².